The Morgan fingerprint density at radius 2 is 1.75 bits per heavy atom. The van der Waals surface area contributed by atoms with Crippen LogP contribution in [0.25, 0.3) is 0 Å². The molecule has 2 fully saturated rings. The fourth-order valence-electron chi connectivity index (χ4n) is 4.22. The second kappa shape index (κ2) is 7.44. The molecule has 0 aromatic heterocycles. The molecule has 3 unspecified atom stereocenters. The van der Waals surface area contributed by atoms with Crippen molar-refractivity contribution in [1.29, 1.82) is 0 Å². The van der Waals surface area contributed by atoms with Crippen molar-refractivity contribution in [3.63, 3.8) is 0 Å². The molecule has 2 aliphatic rings. The number of carbonyl (C=O) groups excluding carboxylic acids is 1. The molecule has 0 spiro atoms. The lowest BCUT2D eigenvalue weighted by Gasteiger charge is -2.33. The van der Waals surface area contributed by atoms with E-state index in [9.17, 15) is 4.79 Å². The third kappa shape index (κ3) is 4.76. The summed E-state index contributed by atoms with van der Waals surface area (Å²) in [5.74, 6) is 3.04. The van der Waals surface area contributed by atoms with Gasteiger partial charge in [-0.05, 0) is 68.9 Å². The van der Waals surface area contributed by atoms with Gasteiger partial charge in [-0.3, -0.25) is 4.79 Å². The average molecular weight is 280 g/mol. The van der Waals surface area contributed by atoms with Gasteiger partial charge in [0.25, 0.3) is 0 Å². The number of rotatable bonds is 4. The molecule has 1 saturated carbocycles. The zero-order chi connectivity index (χ0) is 14.5. The highest BCUT2D eigenvalue weighted by Gasteiger charge is 2.27. The molecule has 1 aliphatic carbocycles. The minimum absolute atomic E-state index is 0.280. The highest BCUT2D eigenvalue weighted by atomic mass is 16.1. The van der Waals surface area contributed by atoms with E-state index >= 15 is 0 Å². The lowest BCUT2D eigenvalue weighted by atomic mass is 9.80. The van der Waals surface area contributed by atoms with Crippen molar-refractivity contribution in [3.8, 4) is 0 Å². The van der Waals surface area contributed by atoms with E-state index in [1.807, 2.05) is 0 Å². The normalized spacial score (nSPS) is 33.6. The summed E-state index contributed by atoms with van der Waals surface area (Å²) in [4.78, 5) is 12.3. The lowest BCUT2D eigenvalue weighted by molar-refractivity contribution is -0.123. The lowest BCUT2D eigenvalue weighted by Crippen LogP contribution is -2.41. The van der Waals surface area contributed by atoms with Gasteiger partial charge in [0, 0.05) is 12.5 Å². The number of hydrogen-bond donors (Lipinski definition) is 2. The Morgan fingerprint density at radius 3 is 2.35 bits per heavy atom. The van der Waals surface area contributed by atoms with Crippen LogP contribution in [0.1, 0.15) is 59.3 Å². The molecule has 0 aromatic rings. The molecule has 2 N–H and O–H groups in total. The highest BCUT2D eigenvalue weighted by Crippen LogP contribution is 2.29. The molecular formula is C17H32N2O. The topological polar surface area (TPSA) is 41.1 Å². The third-order valence-electron chi connectivity index (χ3n) is 5.24. The molecule has 1 amide bonds. The highest BCUT2D eigenvalue weighted by molar-refractivity contribution is 5.76. The Bertz CT molecular complexity index is 302. The number of carbonyl (C=O) groups is 1. The quantitative estimate of drug-likeness (QED) is 0.831. The van der Waals surface area contributed by atoms with Crippen LogP contribution in [-0.2, 0) is 4.79 Å². The van der Waals surface area contributed by atoms with Crippen LogP contribution in [0, 0.1) is 23.7 Å². The van der Waals surface area contributed by atoms with Crippen LogP contribution in [0.5, 0.6) is 0 Å². The van der Waals surface area contributed by atoms with Gasteiger partial charge in [0.05, 0.1) is 0 Å². The third-order valence-corrected chi connectivity index (χ3v) is 5.24. The van der Waals surface area contributed by atoms with Crippen LogP contribution in [0.15, 0.2) is 0 Å². The Hall–Kier alpha value is -0.570. The van der Waals surface area contributed by atoms with Crippen molar-refractivity contribution in [3.05, 3.63) is 0 Å². The van der Waals surface area contributed by atoms with E-state index in [1.54, 1.807) is 0 Å². The molecule has 1 heterocycles. The molecule has 3 heteroatoms. The van der Waals surface area contributed by atoms with Gasteiger partial charge in [-0.25, -0.2) is 0 Å². The van der Waals surface area contributed by atoms with Crippen molar-refractivity contribution in [2.24, 2.45) is 23.7 Å². The summed E-state index contributed by atoms with van der Waals surface area (Å²) in [7, 11) is 0. The zero-order valence-electron chi connectivity index (χ0n) is 13.5. The summed E-state index contributed by atoms with van der Waals surface area (Å²) in [6.45, 7) is 9.11. The van der Waals surface area contributed by atoms with Crippen molar-refractivity contribution >= 4 is 5.91 Å². The van der Waals surface area contributed by atoms with E-state index < -0.39 is 0 Å². The van der Waals surface area contributed by atoms with E-state index in [0.29, 0.717) is 18.4 Å². The molecule has 0 radical (unpaired) electrons. The average Bonchev–Trinajstić information content (AvgIpc) is 2.38. The SMILES string of the molecule is CC1CC(C)CC(NC(=O)CC(C)C2CCNCC2)C1. The summed E-state index contributed by atoms with van der Waals surface area (Å²) in [6, 6.07) is 0.418. The van der Waals surface area contributed by atoms with Gasteiger partial charge in [-0.15, -0.1) is 0 Å². The molecule has 2 rings (SSSR count). The van der Waals surface area contributed by atoms with Crippen LogP contribution in [0.2, 0.25) is 0 Å². The van der Waals surface area contributed by atoms with Gasteiger partial charge in [0.15, 0.2) is 0 Å². The van der Waals surface area contributed by atoms with E-state index in [2.05, 4.69) is 31.4 Å². The minimum atomic E-state index is 0.280. The number of piperidine rings is 1. The minimum Gasteiger partial charge on any atom is -0.353 e. The smallest absolute Gasteiger partial charge is 0.220 e. The first kappa shape index (κ1) is 15.8. The van der Waals surface area contributed by atoms with Gasteiger partial charge in [0.1, 0.15) is 0 Å². The van der Waals surface area contributed by atoms with Crippen molar-refractivity contribution in [2.45, 2.75) is 65.3 Å². The molecule has 20 heavy (non-hydrogen) atoms. The van der Waals surface area contributed by atoms with Gasteiger partial charge in [0.2, 0.25) is 5.91 Å². The molecule has 116 valence electrons. The second-order valence-electron chi connectivity index (χ2n) is 7.45. The van der Waals surface area contributed by atoms with Crippen molar-refractivity contribution in [2.75, 3.05) is 13.1 Å². The van der Waals surface area contributed by atoms with E-state index in [1.165, 1.54) is 19.3 Å². The Kier molecular flexibility index (Phi) is 5.88. The Labute approximate surface area is 124 Å². The molecule has 3 nitrogen and oxygen atoms in total. The summed E-state index contributed by atoms with van der Waals surface area (Å²) >= 11 is 0. The van der Waals surface area contributed by atoms with Crippen molar-refractivity contribution < 1.29 is 4.79 Å². The number of hydrogen-bond acceptors (Lipinski definition) is 2. The van der Waals surface area contributed by atoms with E-state index in [0.717, 1.165) is 43.7 Å². The molecular weight excluding hydrogens is 248 g/mol. The largest absolute Gasteiger partial charge is 0.353 e. The molecule has 3 atom stereocenters. The summed E-state index contributed by atoms with van der Waals surface area (Å²) in [6.07, 6.45) is 6.81. The van der Waals surface area contributed by atoms with E-state index in [-0.39, 0.29) is 5.91 Å². The number of nitrogens with one attached hydrogen (secondary N) is 2. The summed E-state index contributed by atoms with van der Waals surface area (Å²) in [5, 5.41) is 6.69. The first-order valence-corrected chi connectivity index (χ1v) is 8.54. The van der Waals surface area contributed by atoms with Gasteiger partial charge in [-0.2, -0.15) is 0 Å². The van der Waals surface area contributed by atoms with Crippen LogP contribution in [-0.4, -0.2) is 25.0 Å². The van der Waals surface area contributed by atoms with Gasteiger partial charge in [-0.1, -0.05) is 20.8 Å². The first-order chi connectivity index (χ1) is 9.54. The van der Waals surface area contributed by atoms with Gasteiger partial charge < -0.3 is 10.6 Å². The standard InChI is InChI=1S/C17H32N2O/c1-12-8-13(2)10-16(9-12)19-17(20)11-14(3)15-4-6-18-7-5-15/h12-16,18H,4-11H2,1-3H3,(H,19,20). The molecule has 0 aromatic carbocycles. The van der Waals surface area contributed by atoms with Gasteiger partial charge >= 0.3 is 0 Å². The maximum Gasteiger partial charge on any atom is 0.220 e. The zero-order valence-corrected chi connectivity index (χ0v) is 13.5. The van der Waals surface area contributed by atoms with Crippen LogP contribution in [0.3, 0.4) is 0 Å². The van der Waals surface area contributed by atoms with Crippen LogP contribution >= 0.6 is 0 Å². The predicted octanol–water partition coefficient (Wildman–Crippen LogP) is 2.95. The monoisotopic (exact) mass is 280 g/mol. The number of amides is 1. The van der Waals surface area contributed by atoms with E-state index in [4.69, 9.17) is 0 Å². The molecule has 1 saturated heterocycles. The summed E-state index contributed by atoms with van der Waals surface area (Å²) in [5.41, 5.74) is 0. The molecule has 1 aliphatic heterocycles. The first-order valence-electron chi connectivity index (χ1n) is 8.54. The Balaban J connectivity index is 1.73. The Morgan fingerprint density at radius 1 is 1.15 bits per heavy atom. The summed E-state index contributed by atoms with van der Waals surface area (Å²) < 4.78 is 0. The molecule has 0 bridgehead atoms. The van der Waals surface area contributed by atoms with Crippen molar-refractivity contribution in [1.82, 2.24) is 10.6 Å². The second-order valence-corrected chi connectivity index (χ2v) is 7.45. The van der Waals surface area contributed by atoms with Crippen LogP contribution in [0.4, 0.5) is 0 Å². The fourth-order valence-corrected chi connectivity index (χ4v) is 4.22. The predicted molar refractivity (Wildman–Crippen MR) is 83.5 cm³/mol. The maximum atomic E-state index is 12.3. The van der Waals surface area contributed by atoms with Crippen LogP contribution < -0.4 is 10.6 Å². The maximum absolute atomic E-state index is 12.3. The fraction of sp³-hybridized carbons (Fsp3) is 0.941.